The van der Waals surface area contributed by atoms with Crippen LogP contribution in [0.5, 0.6) is 0 Å². The summed E-state index contributed by atoms with van der Waals surface area (Å²) in [7, 11) is 0. The Kier molecular flexibility index (Phi) is 5.89. The summed E-state index contributed by atoms with van der Waals surface area (Å²) in [6.07, 6.45) is 2.24. The van der Waals surface area contributed by atoms with Crippen molar-refractivity contribution in [2.24, 2.45) is 0 Å². The monoisotopic (exact) mass is 284 g/mol. The van der Waals surface area contributed by atoms with E-state index in [2.05, 4.69) is 30.5 Å². The van der Waals surface area contributed by atoms with Crippen LogP contribution in [0, 0.1) is 13.8 Å². The zero-order chi connectivity index (χ0) is 13.7. The van der Waals surface area contributed by atoms with E-state index in [0.717, 1.165) is 29.7 Å². The molecule has 2 N–H and O–H groups in total. The van der Waals surface area contributed by atoms with Crippen LogP contribution in [-0.2, 0) is 0 Å². The third-order valence-corrected chi connectivity index (χ3v) is 3.29. The molecule has 0 spiro atoms. The summed E-state index contributed by atoms with van der Waals surface area (Å²) in [5, 5.41) is 7.78. The predicted octanol–water partition coefficient (Wildman–Crippen LogP) is 4.43. The Morgan fingerprint density at radius 1 is 1.39 bits per heavy atom. The number of anilines is 1. The normalized spacial score (nSPS) is 12.1. The maximum Gasteiger partial charge on any atom is 0.171 e. The van der Waals surface area contributed by atoms with Crippen LogP contribution in [0.15, 0.2) is 12.1 Å². The van der Waals surface area contributed by atoms with Crippen molar-refractivity contribution >= 4 is 34.6 Å². The molecule has 0 saturated carbocycles. The zero-order valence-corrected chi connectivity index (χ0v) is 13.0. The van der Waals surface area contributed by atoms with Gasteiger partial charge < -0.3 is 10.6 Å². The van der Waals surface area contributed by atoms with Crippen LogP contribution in [0.2, 0.25) is 5.02 Å². The molecule has 0 saturated heterocycles. The van der Waals surface area contributed by atoms with Crippen molar-refractivity contribution in [3.63, 3.8) is 0 Å². The molecule has 0 amide bonds. The molecular weight excluding hydrogens is 264 g/mol. The summed E-state index contributed by atoms with van der Waals surface area (Å²) >= 11 is 11.5. The van der Waals surface area contributed by atoms with Crippen LogP contribution in [0.4, 0.5) is 5.69 Å². The van der Waals surface area contributed by atoms with E-state index in [1.807, 2.05) is 19.9 Å². The summed E-state index contributed by atoms with van der Waals surface area (Å²) in [6, 6.07) is 4.40. The number of hydrogen-bond donors (Lipinski definition) is 2. The Hall–Kier alpha value is -0.800. The minimum atomic E-state index is 0.375. The van der Waals surface area contributed by atoms with E-state index < -0.39 is 0 Å². The van der Waals surface area contributed by atoms with Crippen LogP contribution in [0.25, 0.3) is 0 Å². The number of thiocarbonyl (C=S) groups is 1. The molecular formula is C14H21ClN2S. The first-order valence-corrected chi connectivity index (χ1v) is 7.07. The average Bonchev–Trinajstić information content (AvgIpc) is 2.23. The van der Waals surface area contributed by atoms with Crippen molar-refractivity contribution in [3.8, 4) is 0 Å². The van der Waals surface area contributed by atoms with Crippen molar-refractivity contribution < 1.29 is 0 Å². The molecule has 0 bridgehead atoms. The van der Waals surface area contributed by atoms with Crippen LogP contribution in [-0.4, -0.2) is 11.2 Å². The molecule has 0 aliphatic carbocycles. The van der Waals surface area contributed by atoms with Gasteiger partial charge in [-0.1, -0.05) is 31.0 Å². The van der Waals surface area contributed by atoms with Crippen molar-refractivity contribution in [1.82, 2.24) is 5.32 Å². The van der Waals surface area contributed by atoms with Gasteiger partial charge in [0.2, 0.25) is 0 Å². The first kappa shape index (κ1) is 15.3. The molecule has 0 unspecified atom stereocenters. The number of aryl methyl sites for hydroxylation is 2. The van der Waals surface area contributed by atoms with Gasteiger partial charge in [0.25, 0.3) is 0 Å². The summed E-state index contributed by atoms with van der Waals surface area (Å²) in [6.45, 7) is 8.35. The maximum atomic E-state index is 6.23. The highest BCUT2D eigenvalue weighted by atomic mass is 35.5. The second kappa shape index (κ2) is 6.95. The molecule has 0 aliphatic rings. The van der Waals surface area contributed by atoms with Crippen molar-refractivity contribution in [2.45, 2.75) is 46.6 Å². The second-order valence-corrected chi connectivity index (χ2v) is 5.54. The van der Waals surface area contributed by atoms with Gasteiger partial charge in [0, 0.05) is 6.04 Å². The standard InChI is InChI=1S/C14H21ClN2S/c1-5-6-11(4)16-14(18)17-13-10(3)7-9(2)8-12(13)15/h7-8,11H,5-6H2,1-4H3,(H2,16,17,18)/t11-/m0/s1. The van der Waals surface area contributed by atoms with Gasteiger partial charge in [0.15, 0.2) is 5.11 Å². The van der Waals surface area contributed by atoms with Gasteiger partial charge >= 0.3 is 0 Å². The molecule has 100 valence electrons. The number of rotatable bonds is 4. The van der Waals surface area contributed by atoms with Crippen molar-refractivity contribution in [1.29, 1.82) is 0 Å². The maximum absolute atomic E-state index is 6.23. The number of hydrogen-bond acceptors (Lipinski definition) is 1. The molecule has 2 nitrogen and oxygen atoms in total. The van der Waals surface area contributed by atoms with Crippen LogP contribution in [0.1, 0.15) is 37.8 Å². The van der Waals surface area contributed by atoms with E-state index in [1.54, 1.807) is 0 Å². The number of halogens is 1. The van der Waals surface area contributed by atoms with Crippen LogP contribution in [0.3, 0.4) is 0 Å². The van der Waals surface area contributed by atoms with Crippen molar-refractivity contribution in [2.75, 3.05) is 5.32 Å². The van der Waals surface area contributed by atoms with Crippen LogP contribution >= 0.6 is 23.8 Å². The van der Waals surface area contributed by atoms with E-state index in [-0.39, 0.29) is 0 Å². The fraction of sp³-hybridized carbons (Fsp3) is 0.500. The molecule has 1 atom stereocenters. The Balaban J connectivity index is 2.70. The molecule has 18 heavy (non-hydrogen) atoms. The molecule has 1 aromatic carbocycles. The lowest BCUT2D eigenvalue weighted by atomic mass is 10.1. The lowest BCUT2D eigenvalue weighted by molar-refractivity contribution is 0.599. The Morgan fingerprint density at radius 3 is 2.61 bits per heavy atom. The molecule has 4 heteroatoms. The minimum absolute atomic E-state index is 0.375. The fourth-order valence-corrected chi connectivity index (χ4v) is 2.62. The third kappa shape index (κ3) is 4.46. The van der Waals surface area contributed by atoms with Gasteiger partial charge in [-0.2, -0.15) is 0 Å². The summed E-state index contributed by atoms with van der Waals surface area (Å²) in [5.74, 6) is 0. The lowest BCUT2D eigenvalue weighted by Crippen LogP contribution is -2.36. The van der Waals surface area contributed by atoms with Gasteiger partial charge in [-0.25, -0.2) is 0 Å². The number of benzene rings is 1. The summed E-state index contributed by atoms with van der Waals surface area (Å²) in [4.78, 5) is 0. The first-order chi connectivity index (χ1) is 8.43. The molecule has 1 rings (SSSR count). The molecule has 0 radical (unpaired) electrons. The van der Waals surface area contributed by atoms with E-state index in [9.17, 15) is 0 Å². The highest BCUT2D eigenvalue weighted by Crippen LogP contribution is 2.27. The molecule has 1 aromatic rings. The van der Waals surface area contributed by atoms with Gasteiger partial charge in [-0.05, 0) is 56.6 Å². The van der Waals surface area contributed by atoms with E-state index >= 15 is 0 Å². The zero-order valence-electron chi connectivity index (χ0n) is 11.4. The van der Waals surface area contributed by atoms with Gasteiger partial charge in [-0.3, -0.25) is 0 Å². The van der Waals surface area contributed by atoms with Gasteiger partial charge in [0.1, 0.15) is 0 Å². The minimum Gasteiger partial charge on any atom is -0.360 e. The highest BCUT2D eigenvalue weighted by Gasteiger charge is 2.08. The largest absolute Gasteiger partial charge is 0.360 e. The quantitative estimate of drug-likeness (QED) is 0.800. The second-order valence-electron chi connectivity index (χ2n) is 4.73. The smallest absolute Gasteiger partial charge is 0.171 e. The van der Waals surface area contributed by atoms with Gasteiger partial charge in [0.05, 0.1) is 10.7 Å². The Bertz CT molecular complexity index is 409. The Morgan fingerprint density at radius 2 is 2.06 bits per heavy atom. The lowest BCUT2D eigenvalue weighted by Gasteiger charge is -2.18. The van der Waals surface area contributed by atoms with E-state index in [4.69, 9.17) is 23.8 Å². The summed E-state index contributed by atoms with van der Waals surface area (Å²) < 4.78 is 0. The third-order valence-electron chi connectivity index (χ3n) is 2.77. The average molecular weight is 285 g/mol. The van der Waals surface area contributed by atoms with Gasteiger partial charge in [-0.15, -0.1) is 0 Å². The summed E-state index contributed by atoms with van der Waals surface area (Å²) in [5.41, 5.74) is 3.15. The number of nitrogens with one attached hydrogen (secondary N) is 2. The van der Waals surface area contributed by atoms with E-state index in [0.29, 0.717) is 16.2 Å². The fourth-order valence-electron chi connectivity index (χ4n) is 1.95. The molecule has 0 fully saturated rings. The topological polar surface area (TPSA) is 24.1 Å². The molecule has 0 heterocycles. The van der Waals surface area contributed by atoms with Crippen molar-refractivity contribution in [3.05, 3.63) is 28.3 Å². The van der Waals surface area contributed by atoms with Crippen LogP contribution < -0.4 is 10.6 Å². The van der Waals surface area contributed by atoms with E-state index in [1.165, 1.54) is 0 Å². The predicted molar refractivity (Wildman–Crippen MR) is 84.7 cm³/mol. The highest BCUT2D eigenvalue weighted by molar-refractivity contribution is 7.80. The molecule has 0 aromatic heterocycles. The first-order valence-electron chi connectivity index (χ1n) is 6.28. The molecule has 0 aliphatic heterocycles. The Labute approximate surface area is 120 Å². The SMILES string of the molecule is CCC[C@H](C)NC(=S)Nc1c(C)cc(C)cc1Cl.